The van der Waals surface area contributed by atoms with Crippen LogP contribution in [0.25, 0.3) is 11.1 Å². The molecular weight excluding hydrogens is 563 g/mol. The molecule has 0 radical (unpaired) electrons. The number of amides is 3. The fraction of sp³-hybridized carbons (Fsp3) is 0.323. The number of anilines is 2. The van der Waals surface area contributed by atoms with Gasteiger partial charge in [-0.1, -0.05) is 59.6 Å². The first-order valence-corrected chi connectivity index (χ1v) is 14.3. The Morgan fingerprint density at radius 2 is 1.71 bits per heavy atom. The molecule has 1 fully saturated rings. The summed E-state index contributed by atoms with van der Waals surface area (Å²) in [6.07, 6.45) is 2.27. The van der Waals surface area contributed by atoms with Gasteiger partial charge in [-0.3, -0.25) is 19.3 Å². The van der Waals surface area contributed by atoms with Crippen molar-refractivity contribution in [2.24, 2.45) is 0 Å². The van der Waals surface area contributed by atoms with Gasteiger partial charge in [0.2, 0.25) is 11.8 Å². The third-order valence-electron chi connectivity index (χ3n) is 7.54. The van der Waals surface area contributed by atoms with Crippen molar-refractivity contribution in [3.8, 4) is 16.9 Å². The molecule has 1 saturated heterocycles. The van der Waals surface area contributed by atoms with E-state index in [1.54, 1.807) is 24.1 Å². The number of benzene rings is 3. The van der Waals surface area contributed by atoms with Crippen molar-refractivity contribution >= 4 is 52.3 Å². The van der Waals surface area contributed by atoms with Gasteiger partial charge in [0.05, 0.1) is 21.8 Å². The molecule has 0 saturated carbocycles. The van der Waals surface area contributed by atoms with Gasteiger partial charge in [0.1, 0.15) is 12.3 Å². The molecule has 5 rings (SSSR count). The summed E-state index contributed by atoms with van der Waals surface area (Å²) in [6.45, 7) is 3.83. The molecule has 1 unspecified atom stereocenters. The van der Waals surface area contributed by atoms with Crippen LogP contribution < -0.4 is 15.0 Å². The lowest BCUT2D eigenvalue weighted by Gasteiger charge is -2.35. The van der Waals surface area contributed by atoms with E-state index in [1.807, 2.05) is 48.5 Å². The second-order valence-electron chi connectivity index (χ2n) is 10.4. The zero-order chi connectivity index (χ0) is 29.1. The number of fused-ring (bicyclic) bond motifs is 1. The Balaban J connectivity index is 1.38. The highest BCUT2D eigenvalue weighted by Gasteiger charge is 2.32. The number of likely N-dealkylation sites (tertiary alicyclic amines) is 1. The lowest BCUT2D eigenvalue weighted by atomic mass is 9.99. The summed E-state index contributed by atoms with van der Waals surface area (Å²) >= 11 is 12.4. The van der Waals surface area contributed by atoms with Crippen molar-refractivity contribution < 1.29 is 19.1 Å². The monoisotopic (exact) mass is 594 g/mol. The van der Waals surface area contributed by atoms with Crippen LogP contribution in [-0.4, -0.2) is 67.4 Å². The van der Waals surface area contributed by atoms with Crippen LogP contribution in [0.4, 0.5) is 11.4 Å². The van der Waals surface area contributed by atoms with E-state index >= 15 is 0 Å². The summed E-state index contributed by atoms with van der Waals surface area (Å²) in [6, 6.07) is 18.7. The Hall–Kier alpha value is -3.59. The number of hydrogen-bond donors (Lipinski definition) is 1. The average Bonchev–Trinajstić information content (AvgIpc) is 3.47. The number of likely N-dealkylation sites (N-methyl/N-ethyl adjacent to an activating group) is 1. The van der Waals surface area contributed by atoms with Crippen LogP contribution >= 0.6 is 23.2 Å². The summed E-state index contributed by atoms with van der Waals surface area (Å²) in [5.41, 5.74) is 4.14. The number of halogens is 2. The topological polar surface area (TPSA) is 82.2 Å². The molecular formula is C31H32Cl2N4O4. The molecule has 2 aliphatic rings. The molecule has 41 heavy (non-hydrogen) atoms. The molecule has 3 aromatic rings. The van der Waals surface area contributed by atoms with Crippen molar-refractivity contribution in [1.29, 1.82) is 0 Å². The van der Waals surface area contributed by atoms with E-state index < -0.39 is 0 Å². The van der Waals surface area contributed by atoms with Gasteiger partial charge in [-0.25, -0.2) is 0 Å². The van der Waals surface area contributed by atoms with E-state index in [-0.39, 0.29) is 41.9 Å². The molecule has 1 atom stereocenters. The van der Waals surface area contributed by atoms with E-state index in [2.05, 4.69) is 10.2 Å². The lowest BCUT2D eigenvalue weighted by molar-refractivity contribution is -0.133. The number of carbonyl (C=O) groups excluding carboxylic acids is 3. The predicted molar refractivity (Wildman–Crippen MR) is 162 cm³/mol. The zero-order valence-corrected chi connectivity index (χ0v) is 24.5. The lowest BCUT2D eigenvalue weighted by Crippen LogP contribution is -2.47. The molecule has 3 amide bonds. The van der Waals surface area contributed by atoms with Crippen LogP contribution in [-0.2, 0) is 14.4 Å². The number of nitrogens with one attached hydrogen (secondary N) is 1. The Labute approximate surface area is 249 Å². The molecule has 2 aliphatic heterocycles. The number of carbonyl (C=O) groups is 3. The predicted octanol–water partition coefficient (Wildman–Crippen LogP) is 5.64. The van der Waals surface area contributed by atoms with Gasteiger partial charge >= 0.3 is 0 Å². The quantitative estimate of drug-likeness (QED) is 0.365. The van der Waals surface area contributed by atoms with Gasteiger partial charge in [-0.05, 0) is 60.8 Å². The molecule has 0 aliphatic carbocycles. The van der Waals surface area contributed by atoms with Crippen molar-refractivity contribution in [3.05, 3.63) is 76.3 Å². The Morgan fingerprint density at radius 3 is 2.41 bits per heavy atom. The maximum Gasteiger partial charge on any atom is 0.265 e. The van der Waals surface area contributed by atoms with E-state index in [0.717, 1.165) is 48.3 Å². The van der Waals surface area contributed by atoms with Crippen LogP contribution in [0.1, 0.15) is 31.4 Å². The van der Waals surface area contributed by atoms with Gasteiger partial charge in [0, 0.05) is 32.3 Å². The smallest absolute Gasteiger partial charge is 0.265 e. The number of ether oxygens (including phenoxy) is 1. The van der Waals surface area contributed by atoms with E-state index in [0.29, 0.717) is 23.0 Å². The van der Waals surface area contributed by atoms with Crippen molar-refractivity contribution in [2.75, 3.05) is 50.1 Å². The summed E-state index contributed by atoms with van der Waals surface area (Å²) in [7, 11) is 1.79. The fourth-order valence-electron chi connectivity index (χ4n) is 5.33. The minimum absolute atomic E-state index is 0.121. The molecule has 8 nitrogen and oxygen atoms in total. The molecule has 0 aromatic heterocycles. The second kappa shape index (κ2) is 12.5. The van der Waals surface area contributed by atoms with Gasteiger partial charge in [-0.15, -0.1) is 0 Å². The third-order valence-corrected chi connectivity index (χ3v) is 8.26. The van der Waals surface area contributed by atoms with Gasteiger partial charge in [0.25, 0.3) is 5.91 Å². The zero-order valence-electron chi connectivity index (χ0n) is 23.0. The van der Waals surface area contributed by atoms with Crippen molar-refractivity contribution in [2.45, 2.75) is 25.8 Å². The minimum atomic E-state index is -0.320. The second-order valence-corrected chi connectivity index (χ2v) is 11.2. The Bertz CT molecular complexity index is 1460. The summed E-state index contributed by atoms with van der Waals surface area (Å²) in [4.78, 5) is 43.5. The number of rotatable bonds is 8. The number of hydrogen-bond acceptors (Lipinski definition) is 5. The molecule has 1 N–H and O–H groups in total. The van der Waals surface area contributed by atoms with E-state index in [4.69, 9.17) is 27.9 Å². The minimum Gasteiger partial charge on any atom is -0.482 e. The molecule has 0 bridgehead atoms. The molecule has 3 aromatic carbocycles. The van der Waals surface area contributed by atoms with Crippen LogP contribution in [0, 0.1) is 0 Å². The first-order valence-electron chi connectivity index (χ1n) is 13.6. The maximum atomic E-state index is 13.7. The van der Waals surface area contributed by atoms with Crippen LogP contribution in [0.15, 0.2) is 60.7 Å². The van der Waals surface area contributed by atoms with Crippen molar-refractivity contribution in [1.82, 2.24) is 9.80 Å². The average molecular weight is 596 g/mol. The summed E-state index contributed by atoms with van der Waals surface area (Å²) in [5.74, 6) is -0.224. The highest BCUT2D eigenvalue weighted by Crippen LogP contribution is 2.39. The fourth-order valence-corrected chi connectivity index (χ4v) is 5.64. The maximum absolute atomic E-state index is 13.7. The van der Waals surface area contributed by atoms with Crippen LogP contribution in [0.3, 0.4) is 0 Å². The van der Waals surface area contributed by atoms with Gasteiger partial charge in [-0.2, -0.15) is 0 Å². The van der Waals surface area contributed by atoms with E-state index in [9.17, 15) is 14.4 Å². The van der Waals surface area contributed by atoms with E-state index in [1.165, 1.54) is 11.8 Å². The SMILES string of the molecule is CC(=O)Nc1cccc(-c2ccc(C(CN3CCCC3)N(C)C(=O)CN3C(=O)COc4cc(Cl)c(Cl)cc43)cc2)c1. The van der Waals surface area contributed by atoms with Crippen LogP contribution in [0.5, 0.6) is 5.75 Å². The third kappa shape index (κ3) is 6.67. The highest BCUT2D eigenvalue weighted by atomic mass is 35.5. The first-order chi connectivity index (χ1) is 19.7. The molecule has 0 spiro atoms. The summed E-state index contributed by atoms with van der Waals surface area (Å²) in [5, 5.41) is 3.42. The molecule has 214 valence electrons. The first kappa shape index (κ1) is 28.9. The highest BCUT2D eigenvalue weighted by molar-refractivity contribution is 6.42. The Morgan fingerprint density at radius 1 is 1.00 bits per heavy atom. The van der Waals surface area contributed by atoms with Crippen LogP contribution in [0.2, 0.25) is 10.0 Å². The Kier molecular flexibility index (Phi) is 8.82. The van der Waals surface area contributed by atoms with Gasteiger partial charge in [0.15, 0.2) is 6.61 Å². The van der Waals surface area contributed by atoms with Gasteiger partial charge < -0.3 is 19.9 Å². The normalized spacial score (nSPS) is 15.7. The summed E-state index contributed by atoms with van der Waals surface area (Å²) < 4.78 is 5.54. The molecule has 10 heteroatoms. The van der Waals surface area contributed by atoms with Crippen molar-refractivity contribution in [3.63, 3.8) is 0 Å². The number of nitrogens with zero attached hydrogens (tertiary/aromatic N) is 3. The standard InChI is InChI=1S/C31H32Cl2N4O4/c1-20(38)34-24-7-5-6-23(14-24)21-8-10-22(11-9-21)28(17-36-12-3-4-13-36)35(2)30(39)18-37-27-15-25(32)26(33)16-29(27)41-19-31(37)40/h5-11,14-16,28H,3-4,12-13,17-19H2,1-2H3,(H,34,38). The molecule has 2 heterocycles. The largest absolute Gasteiger partial charge is 0.482 e.